The summed E-state index contributed by atoms with van der Waals surface area (Å²) in [5.74, 6) is 0.0832. The van der Waals surface area contributed by atoms with Crippen molar-refractivity contribution in [1.82, 2.24) is 15.6 Å². The zero-order chi connectivity index (χ0) is 17.0. The second-order valence-corrected chi connectivity index (χ2v) is 7.32. The summed E-state index contributed by atoms with van der Waals surface area (Å²) in [4.78, 5) is 28.9. The Labute approximate surface area is 145 Å². The number of nitrogens with zero attached hydrogens (tertiary/aromatic N) is 1. The lowest BCUT2D eigenvalue weighted by atomic mass is 9.94. The van der Waals surface area contributed by atoms with Gasteiger partial charge in [-0.05, 0) is 19.8 Å². The number of amides is 2. The lowest BCUT2D eigenvalue weighted by molar-refractivity contribution is -0.122. The summed E-state index contributed by atoms with van der Waals surface area (Å²) in [7, 11) is 0. The molecule has 0 aliphatic carbocycles. The number of nitrogens with one attached hydrogen (secondary N) is 2. The first-order chi connectivity index (χ1) is 11.6. The zero-order valence-electron chi connectivity index (χ0n) is 13.7. The van der Waals surface area contributed by atoms with E-state index in [4.69, 9.17) is 0 Å². The van der Waals surface area contributed by atoms with E-state index in [9.17, 15) is 9.59 Å². The van der Waals surface area contributed by atoms with E-state index in [0.717, 1.165) is 22.6 Å². The van der Waals surface area contributed by atoms with Gasteiger partial charge in [0.15, 0.2) is 0 Å². The summed E-state index contributed by atoms with van der Waals surface area (Å²) >= 11 is 1.55. The van der Waals surface area contributed by atoms with Gasteiger partial charge in [-0.3, -0.25) is 9.59 Å². The van der Waals surface area contributed by atoms with E-state index in [-0.39, 0.29) is 17.4 Å². The maximum Gasteiger partial charge on any atom is 0.220 e. The number of thiazole rings is 1. The topological polar surface area (TPSA) is 71.1 Å². The van der Waals surface area contributed by atoms with Crippen LogP contribution in [0, 0.1) is 0 Å². The fraction of sp³-hybridized carbons (Fsp3) is 0.389. The number of rotatable bonds is 6. The van der Waals surface area contributed by atoms with E-state index in [1.807, 2.05) is 37.3 Å². The van der Waals surface area contributed by atoms with Crippen LogP contribution in [0.15, 0.2) is 35.8 Å². The minimum Gasteiger partial charge on any atom is -0.351 e. The fourth-order valence-corrected chi connectivity index (χ4v) is 3.65. The minimum absolute atomic E-state index is 0.00443. The Balaban J connectivity index is 1.52. The molecule has 3 rings (SSSR count). The van der Waals surface area contributed by atoms with Crippen LogP contribution in [0.5, 0.6) is 0 Å². The van der Waals surface area contributed by atoms with E-state index < -0.39 is 0 Å². The molecule has 1 atom stereocenters. The van der Waals surface area contributed by atoms with E-state index in [1.54, 1.807) is 16.8 Å². The smallest absolute Gasteiger partial charge is 0.220 e. The van der Waals surface area contributed by atoms with Crippen LogP contribution in [0.1, 0.15) is 37.5 Å². The number of benzene rings is 1. The summed E-state index contributed by atoms with van der Waals surface area (Å²) < 4.78 is 0. The maximum atomic E-state index is 12.1. The van der Waals surface area contributed by atoms with Gasteiger partial charge in [-0.2, -0.15) is 0 Å². The van der Waals surface area contributed by atoms with Gasteiger partial charge >= 0.3 is 0 Å². The fourth-order valence-electron chi connectivity index (χ4n) is 2.92. The molecule has 1 aliphatic heterocycles. The van der Waals surface area contributed by atoms with Crippen molar-refractivity contribution in [1.29, 1.82) is 0 Å². The van der Waals surface area contributed by atoms with Gasteiger partial charge in [0.05, 0.1) is 22.6 Å². The maximum absolute atomic E-state index is 12.1. The minimum atomic E-state index is -0.242. The van der Waals surface area contributed by atoms with Crippen LogP contribution in [-0.4, -0.2) is 22.3 Å². The number of hydrogen-bond donors (Lipinski definition) is 2. The number of carbonyl (C=O) groups is 2. The molecule has 1 aliphatic rings. The summed E-state index contributed by atoms with van der Waals surface area (Å²) in [6, 6.07) is 9.97. The van der Waals surface area contributed by atoms with Gasteiger partial charge in [0.25, 0.3) is 0 Å². The van der Waals surface area contributed by atoms with Crippen molar-refractivity contribution in [3.05, 3.63) is 40.7 Å². The van der Waals surface area contributed by atoms with Crippen LogP contribution >= 0.6 is 11.3 Å². The van der Waals surface area contributed by atoms with Crippen LogP contribution in [0.3, 0.4) is 0 Å². The molecular formula is C18H21N3O2S. The lowest BCUT2D eigenvalue weighted by Gasteiger charge is -2.23. The molecule has 6 heteroatoms. The first-order valence-corrected chi connectivity index (χ1v) is 8.99. The summed E-state index contributed by atoms with van der Waals surface area (Å²) in [6.07, 6.45) is 2.43. The third-order valence-electron chi connectivity index (χ3n) is 4.38. The summed E-state index contributed by atoms with van der Waals surface area (Å²) in [5.41, 5.74) is 3.55. The third-order valence-corrected chi connectivity index (χ3v) is 5.22. The largest absolute Gasteiger partial charge is 0.351 e. The highest BCUT2D eigenvalue weighted by atomic mass is 32.1. The van der Waals surface area contributed by atoms with Crippen LogP contribution in [0.25, 0.3) is 11.3 Å². The van der Waals surface area contributed by atoms with Crippen molar-refractivity contribution >= 4 is 23.2 Å². The van der Waals surface area contributed by atoms with E-state index >= 15 is 0 Å². The van der Waals surface area contributed by atoms with Crippen molar-refractivity contribution in [3.63, 3.8) is 0 Å². The Kier molecular flexibility index (Phi) is 4.94. The van der Waals surface area contributed by atoms with E-state index in [0.29, 0.717) is 25.8 Å². The van der Waals surface area contributed by atoms with Gasteiger partial charge in [0.2, 0.25) is 11.8 Å². The average molecular weight is 343 g/mol. The Bertz CT molecular complexity index is 729. The molecule has 126 valence electrons. The Morgan fingerprint density at radius 1 is 1.38 bits per heavy atom. The van der Waals surface area contributed by atoms with Crippen molar-refractivity contribution in [3.8, 4) is 11.3 Å². The summed E-state index contributed by atoms with van der Waals surface area (Å²) in [5, 5.41) is 5.93. The number of hydrogen-bond acceptors (Lipinski definition) is 4. The van der Waals surface area contributed by atoms with Gasteiger partial charge in [-0.1, -0.05) is 30.3 Å². The predicted molar refractivity (Wildman–Crippen MR) is 94.4 cm³/mol. The molecule has 2 aromatic rings. The Morgan fingerprint density at radius 2 is 2.17 bits per heavy atom. The monoisotopic (exact) mass is 343 g/mol. The molecule has 1 fully saturated rings. The van der Waals surface area contributed by atoms with Crippen molar-refractivity contribution in [2.24, 2.45) is 0 Å². The van der Waals surface area contributed by atoms with Crippen LogP contribution in [-0.2, 0) is 16.1 Å². The third kappa shape index (κ3) is 4.00. The molecule has 0 radical (unpaired) electrons. The SMILES string of the molecule is CC1(CCC(=O)NCc2scnc2-c2ccccc2)CCC(=O)N1. The molecule has 1 aromatic heterocycles. The van der Waals surface area contributed by atoms with Gasteiger partial charge < -0.3 is 10.6 Å². The first kappa shape index (κ1) is 16.6. The Morgan fingerprint density at radius 3 is 2.88 bits per heavy atom. The highest BCUT2D eigenvalue weighted by Gasteiger charge is 2.32. The average Bonchev–Trinajstić information content (AvgIpc) is 3.19. The molecule has 0 spiro atoms. The molecule has 1 unspecified atom stereocenters. The zero-order valence-corrected chi connectivity index (χ0v) is 14.5. The van der Waals surface area contributed by atoms with Gasteiger partial charge in [-0.25, -0.2) is 4.98 Å². The Hall–Kier alpha value is -2.21. The molecule has 5 nitrogen and oxygen atoms in total. The molecule has 24 heavy (non-hydrogen) atoms. The molecule has 0 bridgehead atoms. The lowest BCUT2D eigenvalue weighted by Crippen LogP contribution is -2.39. The quantitative estimate of drug-likeness (QED) is 0.847. The van der Waals surface area contributed by atoms with E-state index in [1.165, 1.54) is 0 Å². The molecule has 1 aromatic carbocycles. The molecule has 2 heterocycles. The summed E-state index contributed by atoms with van der Waals surface area (Å²) in [6.45, 7) is 2.48. The second-order valence-electron chi connectivity index (χ2n) is 6.38. The second kappa shape index (κ2) is 7.13. The highest BCUT2D eigenvalue weighted by molar-refractivity contribution is 7.10. The molecule has 0 saturated carbocycles. The van der Waals surface area contributed by atoms with Crippen LogP contribution in [0.2, 0.25) is 0 Å². The van der Waals surface area contributed by atoms with Gasteiger partial charge in [0, 0.05) is 23.9 Å². The molecular weight excluding hydrogens is 322 g/mol. The van der Waals surface area contributed by atoms with Crippen LogP contribution < -0.4 is 10.6 Å². The molecule has 2 N–H and O–H groups in total. The molecule has 2 amide bonds. The normalized spacial score (nSPS) is 20.0. The van der Waals surface area contributed by atoms with Crippen LogP contribution in [0.4, 0.5) is 0 Å². The highest BCUT2D eigenvalue weighted by Crippen LogP contribution is 2.26. The number of carbonyl (C=O) groups excluding carboxylic acids is 2. The van der Waals surface area contributed by atoms with Gasteiger partial charge in [0.1, 0.15) is 0 Å². The standard InChI is InChI=1S/C18H21N3O2S/c1-18(10-8-16(23)21-18)9-7-15(22)19-11-14-17(20-12-24-14)13-5-3-2-4-6-13/h2-6,12H,7-11H2,1H3,(H,19,22)(H,21,23). The van der Waals surface area contributed by atoms with Crippen molar-refractivity contribution < 1.29 is 9.59 Å². The first-order valence-electron chi connectivity index (χ1n) is 8.11. The van der Waals surface area contributed by atoms with Crippen molar-refractivity contribution in [2.75, 3.05) is 0 Å². The van der Waals surface area contributed by atoms with Gasteiger partial charge in [-0.15, -0.1) is 11.3 Å². The van der Waals surface area contributed by atoms with E-state index in [2.05, 4.69) is 15.6 Å². The van der Waals surface area contributed by atoms with Crippen molar-refractivity contribution in [2.45, 2.75) is 44.7 Å². The molecule has 1 saturated heterocycles. The predicted octanol–water partition coefficient (Wildman–Crippen LogP) is 2.88. The number of aromatic nitrogens is 1.